The van der Waals surface area contributed by atoms with Crippen LogP contribution in [-0.2, 0) is 14.3 Å². The summed E-state index contributed by atoms with van der Waals surface area (Å²) in [6.07, 6.45) is 2.46. The standard InChI is InChI=1S/C11H20N2O4/c1-17-7-9(11(15)16)13-10(14)5-8-3-2-4-12-6-8/h8-9,12H,2-7H2,1H3,(H,13,14)(H,15,16). The van der Waals surface area contributed by atoms with E-state index in [4.69, 9.17) is 9.84 Å². The van der Waals surface area contributed by atoms with Gasteiger partial charge in [-0.1, -0.05) is 0 Å². The fourth-order valence-corrected chi connectivity index (χ4v) is 1.96. The maximum atomic E-state index is 11.6. The van der Waals surface area contributed by atoms with E-state index in [-0.39, 0.29) is 12.5 Å². The maximum absolute atomic E-state index is 11.6. The van der Waals surface area contributed by atoms with Crippen molar-refractivity contribution in [2.24, 2.45) is 5.92 Å². The van der Waals surface area contributed by atoms with Crippen LogP contribution in [0.25, 0.3) is 0 Å². The zero-order chi connectivity index (χ0) is 12.7. The molecule has 0 aromatic rings. The molecule has 1 amide bonds. The largest absolute Gasteiger partial charge is 0.480 e. The lowest BCUT2D eigenvalue weighted by Gasteiger charge is -2.23. The molecule has 0 aromatic heterocycles. The van der Waals surface area contributed by atoms with Crippen LogP contribution in [0.3, 0.4) is 0 Å². The van der Waals surface area contributed by atoms with Gasteiger partial charge in [0.1, 0.15) is 0 Å². The molecule has 0 aliphatic carbocycles. The van der Waals surface area contributed by atoms with Crippen LogP contribution < -0.4 is 10.6 Å². The Labute approximate surface area is 101 Å². The summed E-state index contributed by atoms with van der Waals surface area (Å²) in [4.78, 5) is 22.5. The van der Waals surface area contributed by atoms with Gasteiger partial charge in [-0.15, -0.1) is 0 Å². The predicted molar refractivity (Wildman–Crippen MR) is 61.7 cm³/mol. The van der Waals surface area contributed by atoms with E-state index in [9.17, 15) is 9.59 Å². The molecular weight excluding hydrogens is 224 g/mol. The Hall–Kier alpha value is -1.14. The Kier molecular flexibility index (Phi) is 5.93. The van der Waals surface area contributed by atoms with Gasteiger partial charge in [-0.05, 0) is 31.8 Å². The molecule has 6 heteroatoms. The fourth-order valence-electron chi connectivity index (χ4n) is 1.96. The zero-order valence-corrected chi connectivity index (χ0v) is 10.1. The van der Waals surface area contributed by atoms with E-state index >= 15 is 0 Å². The molecule has 17 heavy (non-hydrogen) atoms. The van der Waals surface area contributed by atoms with Gasteiger partial charge in [-0.2, -0.15) is 0 Å². The fraction of sp³-hybridized carbons (Fsp3) is 0.818. The number of carboxylic acid groups (broad SMARTS) is 1. The van der Waals surface area contributed by atoms with Crippen molar-refractivity contribution in [3.63, 3.8) is 0 Å². The Morgan fingerprint density at radius 1 is 1.59 bits per heavy atom. The van der Waals surface area contributed by atoms with Crippen LogP contribution in [0, 0.1) is 5.92 Å². The molecular formula is C11H20N2O4. The summed E-state index contributed by atoms with van der Waals surface area (Å²) >= 11 is 0. The monoisotopic (exact) mass is 244 g/mol. The van der Waals surface area contributed by atoms with Crippen molar-refractivity contribution in [2.45, 2.75) is 25.3 Å². The molecule has 1 rings (SSSR count). The molecule has 1 fully saturated rings. The number of carbonyl (C=O) groups is 2. The first-order valence-corrected chi connectivity index (χ1v) is 5.85. The number of hydrogen-bond acceptors (Lipinski definition) is 4. The Morgan fingerprint density at radius 2 is 2.35 bits per heavy atom. The number of hydrogen-bond donors (Lipinski definition) is 3. The summed E-state index contributed by atoms with van der Waals surface area (Å²) in [5.41, 5.74) is 0. The van der Waals surface area contributed by atoms with Crippen LogP contribution in [0.5, 0.6) is 0 Å². The third-order valence-electron chi connectivity index (χ3n) is 2.84. The van der Waals surface area contributed by atoms with Gasteiger partial charge in [0.2, 0.25) is 5.91 Å². The van der Waals surface area contributed by atoms with E-state index in [0.717, 1.165) is 25.9 Å². The summed E-state index contributed by atoms with van der Waals surface area (Å²) in [5.74, 6) is -0.981. The molecule has 1 aliphatic heterocycles. The molecule has 1 saturated heterocycles. The predicted octanol–water partition coefficient (Wildman–Crippen LogP) is -0.408. The van der Waals surface area contributed by atoms with E-state index in [1.807, 2.05) is 0 Å². The highest BCUT2D eigenvalue weighted by molar-refractivity contribution is 5.83. The van der Waals surface area contributed by atoms with Gasteiger partial charge < -0.3 is 20.5 Å². The van der Waals surface area contributed by atoms with Gasteiger partial charge in [-0.3, -0.25) is 4.79 Å². The molecule has 2 unspecified atom stereocenters. The van der Waals surface area contributed by atoms with Gasteiger partial charge in [-0.25, -0.2) is 4.79 Å². The molecule has 2 atom stereocenters. The lowest BCUT2D eigenvalue weighted by molar-refractivity contribution is -0.143. The summed E-state index contributed by atoms with van der Waals surface area (Å²) in [7, 11) is 1.41. The first-order valence-electron chi connectivity index (χ1n) is 5.85. The number of methoxy groups -OCH3 is 1. The van der Waals surface area contributed by atoms with Crippen molar-refractivity contribution in [1.29, 1.82) is 0 Å². The highest BCUT2D eigenvalue weighted by Gasteiger charge is 2.22. The maximum Gasteiger partial charge on any atom is 0.328 e. The molecule has 0 saturated carbocycles. The SMILES string of the molecule is COCC(NC(=O)CC1CCCNC1)C(=O)O. The van der Waals surface area contributed by atoms with E-state index in [2.05, 4.69) is 10.6 Å². The molecule has 6 nitrogen and oxygen atoms in total. The Bertz CT molecular complexity index is 264. The molecule has 0 radical (unpaired) electrons. The van der Waals surface area contributed by atoms with Crippen molar-refractivity contribution in [3.8, 4) is 0 Å². The zero-order valence-electron chi connectivity index (χ0n) is 10.1. The van der Waals surface area contributed by atoms with Gasteiger partial charge >= 0.3 is 5.97 Å². The first-order chi connectivity index (χ1) is 8.13. The number of carbonyl (C=O) groups excluding carboxylic acids is 1. The van der Waals surface area contributed by atoms with Crippen molar-refractivity contribution in [1.82, 2.24) is 10.6 Å². The highest BCUT2D eigenvalue weighted by atomic mass is 16.5. The first kappa shape index (κ1) is 13.9. The minimum atomic E-state index is -1.07. The normalized spacial score (nSPS) is 21.8. The number of aliphatic carboxylic acids is 1. The molecule has 98 valence electrons. The Morgan fingerprint density at radius 3 is 2.88 bits per heavy atom. The minimum Gasteiger partial charge on any atom is -0.480 e. The van der Waals surface area contributed by atoms with Crippen molar-refractivity contribution >= 4 is 11.9 Å². The molecule has 0 bridgehead atoms. The number of ether oxygens (including phenoxy) is 1. The number of amides is 1. The number of carboxylic acids is 1. The van der Waals surface area contributed by atoms with Crippen LogP contribution >= 0.6 is 0 Å². The van der Waals surface area contributed by atoms with Crippen molar-refractivity contribution in [3.05, 3.63) is 0 Å². The lowest BCUT2D eigenvalue weighted by atomic mass is 9.96. The van der Waals surface area contributed by atoms with Gasteiger partial charge in [0.25, 0.3) is 0 Å². The van der Waals surface area contributed by atoms with Crippen LogP contribution in [0.4, 0.5) is 0 Å². The average molecular weight is 244 g/mol. The summed E-state index contributed by atoms with van der Waals surface area (Å²) < 4.78 is 4.75. The van der Waals surface area contributed by atoms with Crippen LogP contribution in [0.15, 0.2) is 0 Å². The average Bonchev–Trinajstić information content (AvgIpc) is 2.29. The number of piperidine rings is 1. The van der Waals surface area contributed by atoms with Crippen molar-refractivity contribution < 1.29 is 19.4 Å². The smallest absolute Gasteiger partial charge is 0.328 e. The van der Waals surface area contributed by atoms with Gasteiger partial charge in [0, 0.05) is 13.5 Å². The van der Waals surface area contributed by atoms with E-state index in [1.165, 1.54) is 7.11 Å². The molecule has 1 aliphatic rings. The topological polar surface area (TPSA) is 87.7 Å². The second kappa shape index (κ2) is 7.24. The second-order valence-electron chi connectivity index (χ2n) is 4.33. The van der Waals surface area contributed by atoms with E-state index < -0.39 is 12.0 Å². The highest BCUT2D eigenvalue weighted by Crippen LogP contribution is 2.13. The molecule has 0 aromatic carbocycles. The lowest BCUT2D eigenvalue weighted by Crippen LogP contribution is -2.45. The molecule has 1 heterocycles. The molecule has 0 spiro atoms. The molecule has 3 N–H and O–H groups in total. The van der Waals surface area contributed by atoms with Crippen LogP contribution in [0.1, 0.15) is 19.3 Å². The summed E-state index contributed by atoms with van der Waals surface area (Å²) in [6.45, 7) is 1.82. The number of rotatable bonds is 6. The van der Waals surface area contributed by atoms with E-state index in [1.54, 1.807) is 0 Å². The number of nitrogens with one attached hydrogen (secondary N) is 2. The quantitative estimate of drug-likeness (QED) is 0.591. The minimum absolute atomic E-state index is 0.00993. The third-order valence-corrected chi connectivity index (χ3v) is 2.84. The third kappa shape index (κ3) is 5.14. The van der Waals surface area contributed by atoms with Crippen LogP contribution in [-0.4, -0.2) is 49.8 Å². The van der Waals surface area contributed by atoms with Crippen molar-refractivity contribution in [2.75, 3.05) is 26.8 Å². The summed E-state index contributed by atoms with van der Waals surface area (Å²) in [6, 6.07) is -0.955. The van der Waals surface area contributed by atoms with Gasteiger partial charge in [0.15, 0.2) is 6.04 Å². The summed E-state index contributed by atoms with van der Waals surface area (Å²) in [5, 5.41) is 14.5. The van der Waals surface area contributed by atoms with E-state index in [0.29, 0.717) is 12.3 Å². The Balaban J connectivity index is 2.33. The van der Waals surface area contributed by atoms with Gasteiger partial charge in [0.05, 0.1) is 6.61 Å². The van der Waals surface area contributed by atoms with Crippen LogP contribution in [0.2, 0.25) is 0 Å². The second-order valence-corrected chi connectivity index (χ2v) is 4.33.